The number of aromatic nitrogens is 2. The van der Waals surface area contributed by atoms with Crippen LogP contribution in [0.5, 0.6) is 0 Å². The Morgan fingerprint density at radius 1 is 1.73 bits per heavy atom. The largest absolute Gasteiger partial charge is 0.381 e. The summed E-state index contributed by atoms with van der Waals surface area (Å²) in [5.74, 6) is 0.421. The lowest BCUT2D eigenvalue weighted by atomic mass is 10.1. The fraction of sp³-hybridized carbons (Fsp3) is 0.571. The zero-order valence-corrected chi connectivity index (χ0v) is 6.77. The standard InChI is InChI=1S/C7H9ClN2O/c8-6-3-9-10-7(6)5-1-2-11-4-5/h3,5H,1-2,4H2,(H,9,10). The third kappa shape index (κ3) is 1.26. The molecule has 0 amide bonds. The fourth-order valence-electron chi connectivity index (χ4n) is 1.33. The fourth-order valence-corrected chi connectivity index (χ4v) is 1.58. The molecule has 1 unspecified atom stereocenters. The van der Waals surface area contributed by atoms with Gasteiger partial charge < -0.3 is 4.74 Å². The molecule has 4 heteroatoms. The summed E-state index contributed by atoms with van der Waals surface area (Å²) in [5.41, 5.74) is 1.02. The first kappa shape index (κ1) is 7.13. The Kier molecular flexibility index (Phi) is 1.84. The second-order valence-corrected chi connectivity index (χ2v) is 3.10. The van der Waals surface area contributed by atoms with Crippen molar-refractivity contribution >= 4 is 11.6 Å². The number of H-pyrrole nitrogens is 1. The minimum atomic E-state index is 0.421. The van der Waals surface area contributed by atoms with Crippen LogP contribution >= 0.6 is 11.6 Å². The molecule has 0 bridgehead atoms. The van der Waals surface area contributed by atoms with E-state index in [0.717, 1.165) is 30.4 Å². The monoisotopic (exact) mass is 172 g/mol. The van der Waals surface area contributed by atoms with Crippen molar-refractivity contribution in [3.8, 4) is 0 Å². The van der Waals surface area contributed by atoms with Crippen LogP contribution in [-0.4, -0.2) is 23.4 Å². The predicted molar refractivity (Wildman–Crippen MR) is 41.8 cm³/mol. The second-order valence-electron chi connectivity index (χ2n) is 2.69. The predicted octanol–water partition coefficient (Wildman–Crippen LogP) is 1.57. The van der Waals surface area contributed by atoms with E-state index in [4.69, 9.17) is 16.3 Å². The summed E-state index contributed by atoms with van der Waals surface area (Å²) in [6.07, 6.45) is 2.68. The Bertz CT molecular complexity index is 242. The Morgan fingerprint density at radius 2 is 2.64 bits per heavy atom. The van der Waals surface area contributed by atoms with Gasteiger partial charge in [-0.25, -0.2) is 0 Å². The molecular weight excluding hydrogens is 164 g/mol. The number of nitrogens with one attached hydrogen (secondary N) is 1. The first-order chi connectivity index (χ1) is 5.38. The average molecular weight is 173 g/mol. The van der Waals surface area contributed by atoms with Crippen LogP contribution in [0.3, 0.4) is 0 Å². The molecule has 2 rings (SSSR count). The summed E-state index contributed by atoms with van der Waals surface area (Å²) in [5, 5.41) is 7.46. The zero-order chi connectivity index (χ0) is 7.68. The van der Waals surface area contributed by atoms with Gasteiger partial charge in [-0.05, 0) is 6.42 Å². The number of aromatic amines is 1. The maximum absolute atomic E-state index is 5.87. The Hall–Kier alpha value is -0.540. The van der Waals surface area contributed by atoms with Gasteiger partial charge in [0.1, 0.15) is 0 Å². The van der Waals surface area contributed by atoms with Gasteiger partial charge in [-0.1, -0.05) is 11.6 Å². The smallest absolute Gasteiger partial charge is 0.0818 e. The zero-order valence-electron chi connectivity index (χ0n) is 6.01. The molecule has 1 fully saturated rings. The maximum Gasteiger partial charge on any atom is 0.0818 e. The van der Waals surface area contributed by atoms with Crippen LogP contribution in [-0.2, 0) is 4.74 Å². The summed E-state index contributed by atoms with van der Waals surface area (Å²) in [6, 6.07) is 0. The molecule has 0 aliphatic carbocycles. The highest BCUT2D eigenvalue weighted by Crippen LogP contribution is 2.28. The number of nitrogens with zero attached hydrogens (tertiary/aromatic N) is 1. The minimum Gasteiger partial charge on any atom is -0.381 e. The summed E-state index contributed by atoms with van der Waals surface area (Å²) in [6.45, 7) is 1.60. The first-order valence-electron chi connectivity index (χ1n) is 3.64. The quantitative estimate of drug-likeness (QED) is 0.698. The molecule has 2 heterocycles. The van der Waals surface area contributed by atoms with Crippen LogP contribution in [0.25, 0.3) is 0 Å². The summed E-state index contributed by atoms with van der Waals surface area (Å²) >= 11 is 5.87. The van der Waals surface area contributed by atoms with E-state index < -0.39 is 0 Å². The molecule has 60 valence electrons. The summed E-state index contributed by atoms with van der Waals surface area (Å²) in [7, 11) is 0. The average Bonchev–Trinajstić information content (AvgIpc) is 2.55. The highest BCUT2D eigenvalue weighted by Gasteiger charge is 2.21. The van der Waals surface area contributed by atoms with Gasteiger partial charge in [0.25, 0.3) is 0 Å². The van der Waals surface area contributed by atoms with Crippen molar-refractivity contribution in [3.05, 3.63) is 16.9 Å². The molecular formula is C7H9ClN2O. The topological polar surface area (TPSA) is 37.9 Å². The number of rotatable bonds is 1. The number of halogens is 1. The van der Waals surface area contributed by atoms with Crippen molar-refractivity contribution in [2.45, 2.75) is 12.3 Å². The molecule has 0 spiro atoms. The van der Waals surface area contributed by atoms with Gasteiger partial charge in [-0.15, -0.1) is 0 Å². The molecule has 1 aliphatic heterocycles. The Morgan fingerprint density at radius 3 is 3.18 bits per heavy atom. The third-order valence-corrected chi connectivity index (χ3v) is 2.26. The van der Waals surface area contributed by atoms with Crippen molar-refractivity contribution in [1.82, 2.24) is 10.2 Å². The normalized spacial score (nSPS) is 24.3. The number of hydrogen-bond acceptors (Lipinski definition) is 2. The van der Waals surface area contributed by atoms with Gasteiger partial charge in [0.15, 0.2) is 0 Å². The number of hydrogen-bond donors (Lipinski definition) is 1. The van der Waals surface area contributed by atoms with Crippen molar-refractivity contribution < 1.29 is 4.74 Å². The molecule has 11 heavy (non-hydrogen) atoms. The van der Waals surface area contributed by atoms with E-state index in [-0.39, 0.29) is 0 Å². The highest BCUT2D eigenvalue weighted by atomic mass is 35.5. The van der Waals surface area contributed by atoms with E-state index >= 15 is 0 Å². The highest BCUT2D eigenvalue weighted by molar-refractivity contribution is 6.31. The van der Waals surface area contributed by atoms with Crippen LogP contribution in [0.4, 0.5) is 0 Å². The molecule has 1 atom stereocenters. The van der Waals surface area contributed by atoms with Gasteiger partial charge in [0.05, 0.1) is 23.5 Å². The van der Waals surface area contributed by atoms with E-state index in [1.54, 1.807) is 6.20 Å². The summed E-state index contributed by atoms with van der Waals surface area (Å²) in [4.78, 5) is 0. The van der Waals surface area contributed by atoms with E-state index in [0.29, 0.717) is 5.92 Å². The molecule has 1 N–H and O–H groups in total. The van der Waals surface area contributed by atoms with Crippen molar-refractivity contribution in [3.63, 3.8) is 0 Å². The van der Waals surface area contributed by atoms with Crippen LogP contribution in [0.15, 0.2) is 6.20 Å². The van der Waals surface area contributed by atoms with Gasteiger partial charge in [0.2, 0.25) is 0 Å². The molecule has 3 nitrogen and oxygen atoms in total. The molecule has 1 saturated heterocycles. The Balaban J connectivity index is 2.21. The lowest BCUT2D eigenvalue weighted by Gasteiger charge is -2.03. The number of ether oxygens (including phenoxy) is 1. The van der Waals surface area contributed by atoms with Gasteiger partial charge in [0, 0.05) is 12.5 Å². The van der Waals surface area contributed by atoms with Crippen LogP contribution < -0.4 is 0 Å². The lowest BCUT2D eigenvalue weighted by Crippen LogP contribution is -1.98. The van der Waals surface area contributed by atoms with Crippen molar-refractivity contribution in [1.29, 1.82) is 0 Å². The van der Waals surface area contributed by atoms with Crippen molar-refractivity contribution in [2.24, 2.45) is 0 Å². The molecule has 0 aromatic carbocycles. The van der Waals surface area contributed by atoms with E-state index in [1.807, 2.05) is 0 Å². The molecule has 1 aromatic rings. The Labute approximate surface area is 69.7 Å². The molecule has 0 radical (unpaired) electrons. The SMILES string of the molecule is Clc1cn[nH]c1C1CCOC1. The third-order valence-electron chi connectivity index (χ3n) is 1.96. The molecule has 0 saturated carbocycles. The second kappa shape index (κ2) is 2.83. The van der Waals surface area contributed by atoms with Gasteiger partial charge in [-0.2, -0.15) is 5.10 Å². The molecule has 1 aromatic heterocycles. The molecule has 1 aliphatic rings. The van der Waals surface area contributed by atoms with E-state index in [2.05, 4.69) is 10.2 Å². The van der Waals surface area contributed by atoms with Crippen LogP contribution in [0, 0.1) is 0 Å². The van der Waals surface area contributed by atoms with Crippen LogP contribution in [0.2, 0.25) is 5.02 Å². The maximum atomic E-state index is 5.87. The minimum absolute atomic E-state index is 0.421. The van der Waals surface area contributed by atoms with Crippen LogP contribution in [0.1, 0.15) is 18.0 Å². The van der Waals surface area contributed by atoms with Crippen molar-refractivity contribution in [2.75, 3.05) is 13.2 Å². The van der Waals surface area contributed by atoms with Gasteiger partial charge >= 0.3 is 0 Å². The first-order valence-corrected chi connectivity index (χ1v) is 4.02. The lowest BCUT2D eigenvalue weighted by molar-refractivity contribution is 0.193. The van der Waals surface area contributed by atoms with E-state index in [9.17, 15) is 0 Å². The summed E-state index contributed by atoms with van der Waals surface area (Å²) < 4.78 is 5.23. The van der Waals surface area contributed by atoms with E-state index in [1.165, 1.54) is 0 Å². The van der Waals surface area contributed by atoms with Gasteiger partial charge in [-0.3, -0.25) is 5.10 Å².